The first-order chi connectivity index (χ1) is 5.29. The second-order valence-corrected chi connectivity index (χ2v) is 4.33. The summed E-state index contributed by atoms with van der Waals surface area (Å²) >= 11 is 5.09. The third-order valence-corrected chi connectivity index (χ3v) is 2.65. The van der Waals surface area contributed by atoms with Crippen LogP contribution < -0.4 is 0 Å². The molecular weight excluding hydrogens is 220 g/mol. The third-order valence-electron chi connectivity index (χ3n) is 1.10. The Hall–Kier alpha value is -0.210. The van der Waals surface area contributed by atoms with Crippen molar-refractivity contribution in [3.8, 4) is 0 Å². The van der Waals surface area contributed by atoms with Crippen LogP contribution in [0.4, 0.5) is 0 Å². The highest BCUT2D eigenvalue weighted by atomic mass is 79.9. The Labute approximate surface area is 79.8 Å². The standard InChI is InChI=1S/C9H9BrS/c1-8(10)7-11-9-5-3-2-4-6-9/h2-7H,1H3/b8-7+. The van der Waals surface area contributed by atoms with Gasteiger partial charge in [0.1, 0.15) is 0 Å². The summed E-state index contributed by atoms with van der Waals surface area (Å²) in [4.78, 5) is 1.27. The van der Waals surface area contributed by atoms with Crippen molar-refractivity contribution in [2.75, 3.05) is 0 Å². The number of hydrogen-bond donors (Lipinski definition) is 0. The van der Waals surface area contributed by atoms with Gasteiger partial charge in [0.2, 0.25) is 0 Å². The van der Waals surface area contributed by atoms with Crippen LogP contribution in [-0.4, -0.2) is 0 Å². The summed E-state index contributed by atoms with van der Waals surface area (Å²) in [5.74, 6) is 0. The molecular formula is C9H9BrS. The normalized spacial score (nSPS) is 11.6. The molecule has 1 aromatic carbocycles. The van der Waals surface area contributed by atoms with Gasteiger partial charge in [0.05, 0.1) is 0 Å². The van der Waals surface area contributed by atoms with Crippen LogP contribution >= 0.6 is 27.7 Å². The lowest BCUT2D eigenvalue weighted by Crippen LogP contribution is -1.64. The summed E-state index contributed by atoms with van der Waals surface area (Å²) < 4.78 is 1.16. The average Bonchev–Trinajstić information content (AvgIpc) is 2.03. The molecule has 0 saturated carbocycles. The molecule has 0 aliphatic heterocycles. The molecule has 0 atom stereocenters. The summed E-state index contributed by atoms with van der Waals surface area (Å²) in [6, 6.07) is 10.3. The zero-order chi connectivity index (χ0) is 8.10. The molecule has 0 aromatic heterocycles. The molecule has 58 valence electrons. The summed E-state index contributed by atoms with van der Waals surface area (Å²) in [7, 11) is 0. The molecule has 1 rings (SSSR count). The smallest absolute Gasteiger partial charge is 0.0116 e. The molecule has 0 spiro atoms. The fourth-order valence-electron chi connectivity index (χ4n) is 0.648. The number of halogens is 1. The van der Waals surface area contributed by atoms with E-state index in [1.807, 2.05) is 25.1 Å². The van der Waals surface area contributed by atoms with Crippen LogP contribution in [0.25, 0.3) is 0 Å². The lowest BCUT2D eigenvalue weighted by molar-refractivity contribution is 1.47. The summed E-state index contributed by atoms with van der Waals surface area (Å²) in [5.41, 5.74) is 0. The Morgan fingerprint density at radius 1 is 1.36 bits per heavy atom. The van der Waals surface area contributed by atoms with E-state index in [0.29, 0.717) is 0 Å². The van der Waals surface area contributed by atoms with Crippen LogP contribution in [0.3, 0.4) is 0 Å². The van der Waals surface area contributed by atoms with E-state index in [9.17, 15) is 0 Å². The first kappa shape index (κ1) is 8.88. The van der Waals surface area contributed by atoms with Gasteiger partial charge in [-0.2, -0.15) is 0 Å². The Balaban J connectivity index is 2.59. The van der Waals surface area contributed by atoms with Gasteiger partial charge < -0.3 is 0 Å². The molecule has 0 fully saturated rings. The molecule has 0 aliphatic carbocycles. The highest BCUT2D eigenvalue weighted by Gasteiger charge is 1.86. The molecule has 0 radical (unpaired) electrons. The minimum absolute atomic E-state index is 1.16. The number of rotatable bonds is 2. The van der Waals surface area contributed by atoms with Crippen molar-refractivity contribution in [1.29, 1.82) is 0 Å². The van der Waals surface area contributed by atoms with Gasteiger partial charge in [-0.3, -0.25) is 0 Å². The van der Waals surface area contributed by atoms with Crippen LogP contribution in [0.15, 0.2) is 45.1 Å². The Morgan fingerprint density at radius 3 is 2.55 bits per heavy atom. The van der Waals surface area contributed by atoms with Gasteiger partial charge in [-0.1, -0.05) is 45.9 Å². The fourth-order valence-corrected chi connectivity index (χ4v) is 1.54. The number of benzene rings is 1. The van der Waals surface area contributed by atoms with Crippen LogP contribution in [-0.2, 0) is 0 Å². The number of hydrogen-bond acceptors (Lipinski definition) is 1. The number of thioether (sulfide) groups is 1. The van der Waals surface area contributed by atoms with Gasteiger partial charge in [0.15, 0.2) is 0 Å². The zero-order valence-electron chi connectivity index (χ0n) is 6.25. The Kier molecular flexibility index (Phi) is 3.73. The lowest BCUT2D eigenvalue weighted by Gasteiger charge is -1.93. The molecule has 1 aromatic rings. The minimum atomic E-state index is 1.16. The molecule has 0 aliphatic rings. The zero-order valence-corrected chi connectivity index (χ0v) is 8.65. The van der Waals surface area contributed by atoms with E-state index >= 15 is 0 Å². The van der Waals surface area contributed by atoms with E-state index in [0.717, 1.165) is 4.48 Å². The van der Waals surface area contributed by atoms with Gasteiger partial charge in [0.25, 0.3) is 0 Å². The van der Waals surface area contributed by atoms with Crippen molar-refractivity contribution in [2.24, 2.45) is 0 Å². The molecule has 0 bridgehead atoms. The molecule has 0 N–H and O–H groups in total. The summed E-state index contributed by atoms with van der Waals surface area (Å²) in [6.07, 6.45) is 0. The van der Waals surface area contributed by atoms with Crippen LogP contribution in [0.5, 0.6) is 0 Å². The molecule has 0 amide bonds. The van der Waals surface area contributed by atoms with Gasteiger partial charge in [-0.15, -0.1) is 0 Å². The Bertz CT molecular complexity index is 237. The molecule has 0 heterocycles. The summed E-state index contributed by atoms with van der Waals surface area (Å²) in [6.45, 7) is 2.02. The van der Waals surface area contributed by atoms with Crippen LogP contribution in [0, 0.1) is 0 Å². The van der Waals surface area contributed by atoms with Crippen molar-refractivity contribution in [1.82, 2.24) is 0 Å². The van der Waals surface area contributed by atoms with E-state index in [2.05, 4.69) is 33.5 Å². The van der Waals surface area contributed by atoms with Gasteiger partial charge in [0, 0.05) is 4.90 Å². The highest BCUT2D eigenvalue weighted by Crippen LogP contribution is 2.21. The lowest BCUT2D eigenvalue weighted by atomic mass is 10.4. The van der Waals surface area contributed by atoms with Crippen LogP contribution in [0.1, 0.15) is 6.92 Å². The highest BCUT2D eigenvalue weighted by molar-refractivity contribution is 9.11. The number of allylic oxidation sites excluding steroid dienone is 1. The second kappa shape index (κ2) is 4.62. The molecule has 11 heavy (non-hydrogen) atoms. The molecule has 2 heteroatoms. The van der Waals surface area contributed by atoms with Crippen molar-refractivity contribution >= 4 is 27.7 Å². The SMILES string of the molecule is C/C(Br)=C\Sc1ccccc1. The maximum atomic E-state index is 3.37. The topological polar surface area (TPSA) is 0 Å². The van der Waals surface area contributed by atoms with E-state index < -0.39 is 0 Å². The molecule has 0 nitrogen and oxygen atoms in total. The quantitative estimate of drug-likeness (QED) is 0.690. The van der Waals surface area contributed by atoms with Gasteiger partial charge >= 0.3 is 0 Å². The predicted octanol–water partition coefficient (Wildman–Crippen LogP) is 4.03. The van der Waals surface area contributed by atoms with E-state index in [1.165, 1.54) is 4.90 Å². The first-order valence-electron chi connectivity index (χ1n) is 3.33. The largest absolute Gasteiger partial charge is 0.0973 e. The average molecular weight is 229 g/mol. The fraction of sp³-hybridized carbons (Fsp3) is 0.111. The van der Waals surface area contributed by atoms with E-state index in [-0.39, 0.29) is 0 Å². The van der Waals surface area contributed by atoms with Crippen LogP contribution in [0.2, 0.25) is 0 Å². The Morgan fingerprint density at radius 2 is 2.00 bits per heavy atom. The monoisotopic (exact) mass is 228 g/mol. The van der Waals surface area contributed by atoms with Crippen molar-refractivity contribution in [3.05, 3.63) is 40.2 Å². The first-order valence-corrected chi connectivity index (χ1v) is 5.00. The molecule has 0 unspecified atom stereocenters. The molecule has 0 saturated heterocycles. The van der Waals surface area contributed by atoms with Gasteiger partial charge in [-0.05, 0) is 28.9 Å². The summed E-state index contributed by atoms with van der Waals surface area (Å²) in [5, 5.41) is 2.08. The third kappa shape index (κ3) is 3.63. The van der Waals surface area contributed by atoms with E-state index in [4.69, 9.17) is 0 Å². The minimum Gasteiger partial charge on any atom is -0.0973 e. The van der Waals surface area contributed by atoms with Crippen molar-refractivity contribution in [2.45, 2.75) is 11.8 Å². The van der Waals surface area contributed by atoms with Crippen molar-refractivity contribution in [3.63, 3.8) is 0 Å². The van der Waals surface area contributed by atoms with Crippen molar-refractivity contribution < 1.29 is 0 Å². The van der Waals surface area contributed by atoms with E-state index in [1.54, 1.807) is 11.8 Å². The predicted molar refractivity (Wildman–Crippen MR) is 55.0 cm³/mol. The second-order valence-electron chi connectivity index (χ2n) is 2.14. The maximum absolute atomic E-state index is 3.37. The maximum Gasteiger partial charge on any atom is 0.0116 e. The van der Waals surface area contributed by atoms with Gasteiger partial charge in [-0.25, -0.2) is 0 Å².